The predicted molar refractivity (Wildman–Crippen MR) is 42.5 cm³/mol. The second-order valence-electron chi connectivity index (χ2n) is 2.56. The number of hydrogen-bond donors (Lipinski definition) is 2. The summed E-state index contributed by atoms with van der Waals surface area (Å²) in [4.78, 5) is 24.0. The van der Waals surface area contributed by atoms with E-state index in [2.05, 4.69) is 4.98 Å². The summed E-state index contributed by atoms with van der Waals surface area (Å²) in [5, 5.41) is 8.63. The van der Waals surface area contributed by atoms with Crippen molar-refractivity contribution in [2.24, 2.45) is 0 Å². The number of aromatic carboxylic acids is 1. The number of carbonyl (C=O) groups is 2. The van der Waals surface area contributed by atoms with Gasteiger partial charge in [0.1, 0.15) is 0 Å². The van der Waals surface area contributed by atoms with Crippen molar-refractivity contribution in [3.8, 4) is 0 Å². The van der Waals surface area contributed by atoms with Crippen LogP contribution in [0.1, 0.15) is 33.3 Å². The highest BCUT2D eigenvalue weighted by atomic mass is 16.4. The van der Waals surface area contributed by atoms with Gasteiger partial charge >= 0.3 is 5.97 Å². The summed E-state index contributed by atoms with van der Waals surface area (Å²) in [7, 11) is 0. The Labute approximate surface area is 69.2 Å². The minimum absolute atomic E-state index is 0.153. The number of rotatable bonds is 2. The van der Waals surface area contributed by atoms with E-state index < -0.39 is 5.97 Å². The van der Waals surface area contributed by atoms with E-state index in [1.807, 2.05) is 0 Å². The molecule has 0 saturated heterocycles. The summed E-state index contributed by atoms with van der Waals surface area (Å²) >= 11 is 0. The van der Waals surface area contributed by atoms with Gasteiger partial charge < -0.3 is 10.1 Å². The Balaban J connectivity index is 3.22. The normalized spacial score (nSPS) is 9.83. The molecule has 0 saturated carbocycles. The first-order chi connectivity index (χ1) is 5.54. The van der Waals surface area contributed by atoms with Crippen LogP contribution in [-0.2, 0) is 0 Å². The van der Waals surface area contributed by atoms with Crippen LogP contribution in [0.5, 0.6) is 0 Å². The number of Topliss-reactive ketones (excluding diaryl/α,β-unsaturated/α-hetero) is 1. The smallest absolute Gasteiger partial charge is 0.337 e. The summed E-state index contributed by atoms with van der Waals surface area (Å²) in [5.41, 5.74) is 1.02. The Morgan fingerprint density at radius 2 is 2.08 bits per heavy atom. The number of H-pyrrole nitrogens is 1. The van der Waals surface area contributed by atoms with E-state index in [0.29, 0.717) is 11.3 Å². The van der Waals surface area contributed by atoms with Crippen LogP contribution in [0.2, 0.25) is 0 Å². The third-order valence-corrected chi connectivity index (χ3v) is 1.72. The molecule has 0 unspecified atom stereocenters. The highest BCUT2D eigenvalue weighted by molar-refractivity contribution is 5.98. The van der Waals surface area contributed by atoms with Crippen LogP contribution in [0, 0.1) is 6.92 Å². The van der Waals surface area contributed by atoms with E-state index in [9.17, 15) is 9.59 Å². The maximum Gasteiger partial charge on any atom is 0.337 e. The molecule has 1 aromatic heterocycles. The molecule has 0 aliphatic carbocycles. The standard InChI is InChI=1S/C8H9NO3/c1-4-6(8(11)12)3-9-7(4)5(2)10/h3,9H,1-2H3,(H,11,12). The Morgan fingerprint density at radius 3 is 2.33 bits per heavy atom. The van der Waals surface area contributed by atoms with Gasteiger partial charge in [0.25, 0.3) is 0 Å². The topological polar surface area (TPSA) is 70.2 Å². The van der Waals surface area contributed by atoms with Crippen molar-refractivity contribution in [1.29, 1.82) is 0 Å². The molecule has 0 fully saturated rings. The molecule has 1 rings (SSSR count). The summed E-state index contributed by atoms with van der Waals surface area (Å²) in [6, 6.07) is 0. The van der Waals surface area contributed by atoms with Crippen molar-refractivity contribution in [1.82, 2.24) is 4.98 Å². The molecule has 0 amide bonds. The minimum Gasteiger partial charge on any atom is -0.478 e. The number of aromatic nitrogens is 1. The van der Waals surface area contributed by atoms with E-state index >= 15 is 0 Å². The molecule has 0 atom stereocenters. The zero-order valence-corrected chi connectivity index (χ0v) is 6.84. The summed E-state index contributed by atoms with van der Waals surface area (Å²) < 4.78 is 0. The second kappa shape index (κ2) is 2.81. The fraction of sp³-hybridized carbons (Fsp3) is 0.250. The van der Waals surface area contributed by atoms with Crippen LogP contribution in [0.25, 0.3) is 0 Å². The lowest BCUT2D eigenvalue weighted by atomic mass is 10.1. The van der Waals surface area contributed by atoms with E-state index in [-0.39, 0.29) is 11.3 Å². The highest BCUT2D eigenvalue weighted by Crippen LogP contribution is 2.12. The lowest BCUT2D eigenvalue weighted by Gasteiger charge is -1.93. The van der Waals surface area contributed by atoms with Gasteiger partial charge in [0.05, 0.1) is 11.3 Å². The SMILES string of the molecule is CC(=O)c1[nH]cc(C(=O)O)c1C. The van der Waals surface area contributed by atoms with Crippen LogP contribution in [0.3, 0.4) is 0 Å². The van der Waals surface area contributed by atoms with Crippen LogP contribution >= 0.6 is 0 Å². The average Bonchev–Trinajstić information content (AvgIpc) is 2.30. The molecule has 1 aromatic rings. The molecule has 64 valence electrons. The quantitative estimate of drug-likeness (QED) is 0.650. The van der Waals surface area contributed by atoms with Crippen molar-refractivity contribution in [3.05, 3.63) is 23.0 Å². The van der Waals surface area contributed by atoms with Crippen LogP contribution in [0.15, 0.2) is 6.20 Å². The number of carbonyl (C=O) groups excluding carboxylic acids is 1. The van der Waals surface area contributed by atoms with E-state index in [1.54, 1.807) is 6.92 Å². The molecule has 0 bridgehead atoms. The van der Waals surface area contributed by atoms with Crippen molar-refractivity contribution in [2.45, 2.75) is 13.8 Å². The lowest BCUT2D eigenvalue weighted by molar-refractivity contribution is 0.0696. The molecule has 0 aromatic carbocycles. The van der Waals surface area contributed by atoms with Gasteiger partial charge in [-0.25, -0.2) is 4.79 Å². The van der Waals surface area contributed by atoms with Crippen LogP contribution in [-0.4, -0.2) is 21.8 Å². The first-order valence-electron chi connectivity index (χ1n) is 3.46. The molecule has 4 heteroatoms. The minimum atomic E-state index is -1.02. The Morgan fingerprint density at radius 1 is 1.50 bits per heavy atom. The predicted octanol–water partition coefficient (Wildman–Crippen LogP) is 1.22. The summed E-state index contributed by atoms with van der Waals surface area (Å²) in [6.07, 6.45) is 1.33. The third kappa shape index (κ3) is 1.23. The van der Waals surface area contributed by atoms with E-state index in [4.69, 9.17) is 5.11 Å². The van der Waals surface area contributed by atoms with Gasteiger partial charge in [0, 0.05) is 13.1 Å². The van der Waals surface area contributed by atoms with Crippen LogP contribution in [0.4, 0.5) is 0 Å². The molecule has 1 heterocycles. The molecule has 0 spiro atoms. The summed E-state index contributed by atoms with van der Waals surface area (Å²) in [6.45, 7) is 3.00. The first-order valence-corrected chi connectivity index (χ1v) is 3.46. The van der Waals surface area contributed by atoms with Crippen molar-refractivity contribution in [3.63, 3.8) is 0 Å². The number of hydrogen-bond acceptors (Lipinski definition) is 2. The first kappa shape index (κ1) is 8.52. The van der Waals surface area contributed by atoms with Crippen molar-refractivity contribution < 1.29 is 14.7 Å². The molecule has 0 radical (unpaired) electrons. The van der Waals surface area contributed by atoms with Gasteiger partial charge in [-0.3, -0.25) is 4.79 Å². The van der Waals surface area contributed by atoms with Crippen LogP contribution < -0.4 is 0 Å². The largest absolute Gasteiger partial charge is 0.478 e. The second-order valence-corrected chi connectivity index (χ2v) is 2.56. The van der Waals surface area contributed by atoms with Gasteiger partial charge in [-0.1, -0.05) is 0 Å². The molecule has 0 aliphatic heterocycles. The molecule has 12 heavy (non-hydrogen) atoms. The Hall–Kier alpha value is -1.58. The number of carboxylic acid groups (broad SMARTS) is 1. The molecule has 2 N–H and O–H groups in total. The van der Waals surface area contributed by atoms with Crippen molar-refractivity contribution >= 4 is 11.8 Å². The highest BCUT2D eigenvalue weighted by Gasteiger charge is 2.14. The van der Waals surface area contributed by atoms with E-state index in [0.717, 1.165) is 0 Å². The summed E-state index contributed by atoms with van der Waals surface area (Å²) in [5.74, 6) is -1.17. The van der Waals surface area contributed by atoms with Gasteiger partial charge in [0.2, 0.25) is 0 Å². The zero-order valence-electron chi connectivity index (χ0n) is 6.84. The number of ketones is 1. The maximum atomic E-state index is 10.9. The molecular formula is C8H9NO3. The fourth-order valence-corrected chi connectivity index (χ4v) is 1.08. The average molecular weight is 167 g/mol. The molecule has 0 aliphatic rings. The molecular weight excluding hydrogens is 158 g/mol. The number of carboxylic acids is 1. The van der Waals surface area contributed by atoms with Gasteiger partial charge in [-0.15, -0.1) is 0 Å². The van der Waals surface area contributed by atoms with Crippen molar-refractivity contribution in [2.75, 3.05) is 0 Å². The Bertz CT molecular complexity index is 307. The third-order valence-electron chi connectivity index (χ3n) is 1.72. The Kier molecular flexibility index (Phi) is 1.99. The maximum absolute atomic E-state index is 10.9. The lowest BCUT2D eigenvalue weighted by Crippen LogP contribution is -1.99. The number of nitrogens with one attached hydrogen (secondary N) is 1. The fourth-order valence-electron chi connectivity index (χ4n) is 1.08. The van der Waals surface area contributed by atoms with Gasteiger partial charge in [-0.05, 0) is 12.5 Å². The number of aromatic amines is 1. The van der Waals surface area contributed by atoms with E-state index in [1.165, 1.54) is 13.1 Å². The monoisotopic (exact) mass is 167 g/mol. The zero-order chi connectivity index (χ0) is 9.30. The molecule has 4 nitrogen and oxygen atoms in total. The van der Waals surface area contributed by atoms with Gasteiger partial charge in [-0.2, -0.15) is 0 Å². The van der Waals surface area contributed by atoms with Gasteiger partial charge in [0.15, 0.2) is 5.78 Å².